The maximum atomic E-state index is 12.7. The number of amides is 1. The first-order valence-corrected chi connectivity index (χ1v) is 11.9. The van der Waals surface area contributed by atoms with Crippen molar-refractivity contribution in [2.45, 2.75) is 24.5 Å². The molecule has 0 bridgehead atoms. The fourth-order valence-electron chi connectivity index (χ4n) is 3.07. The van der Waals surface area contributed by atoms with Crippen LogP contribution in [0.4, 0.5) is 0 Å². The van der Waals surface area contributed by atoms with Gasteiger partial charge in [0, 0.05) is 31.9 Å². The summed E-state index contributed by atoms with van der Waals surface area (Å²) in [5.74, 6) is 1.29. The molecular weight excluding hydrogens is 392 g/mol. The van der Waals surface area contributed by atoms with E-state index in [9.17, 15) is 13.2 Å². The average molecular weight is 419 g/mol. The van der Waals surface area contributed by atoms with E-state index in [2.05, 4.69) is 31.2 Å². The van der Waals surface area contributed by atoms with Gasteiger partial charge in [0.15, 0.2) is 0 Å². The van der Waals surface area contributed by atoms with Crippen molar-refractivity contribution in [3.63, 3.8) is 0 Å². The molecule has 0 aromatic heterocycles. The molecule has 1 saturated heterocycles. The number of carbonyl (C=O) groups is 1. The Bertz CT molecular complexity index is 902. The monoisotopic (exact) mass is 418 g/mol. The van der Waals surface area contributed by atoms with Crippen LogP contribution in [0, 0.1) is 13.8 Å². The lowest BCUT2D eigenvalue weighted by Gasteiger charge is -2.34. The van der Waals surface area contributed by atoms with Crippen molar-refractivity contribution in [3.05, 3.63) is 65.2 Å². The van der Waals surface area contributed by atoms with E-state index in [1.807, 2.05) is 6.92 Å². The molecule has 1 aliphatic rings. The molecule has 3 rings (SSSR count). The summed E-state index contributed by atoms with van der Waals surface area (Å²) in [7, 11) is -3.49. The van der Waals surface area contributed by atoms with E-state index in [4.69, 9.17) is 0 Å². The second-order valence-corrected chi connectivity index (χ2v) is 10.00. The summed E-state index contributed by atoms with van der Waals surface area (Å²) < 4.78 is 27.0. The van der Waals surface area contributed by atoms with Crippen molar-refractivity contribution >= 4 is 27.7 Å². The third-order valence-electron chi connectivity index (χ3n) is 4.86. The zero-order chi connectivity index (χ0) is 20.1. The van der Waals surface area contributed by atoms with Crippen molar-refractivity contribution < 1.29 is 13.2 Å². The van der Waals surface area contributed by atoms with Crippen LogP contribution in [0.3, 0.4) is 0 Å². The maximum absolute atomic E-state index is 12.7. The average Bonchev–Trinajstić information content (AvgIpc) is 2.70. The SMILES string of the molecule is Cc1ccc(CSCC(=O)N2CCN(S(=O)(=O)c3ccc(C)cc3)CC2)cc1. The van der Waals surface area contributed by atoms with Gasteiger partial charge in [0.2, 0.25) is 15.9 Å². The lowest BCUT2D eigenvalue weighted by molar-refractivity contribution is -0.129. The van der Waals surface area contributed by atoms with Gasteiger partial charge in [0.05, 0.1) is 10.6 Å². The van der Waals surface area contributed by atoms with Crippen LogP contribution in [0.2, 0.25) is 0 Å². The van der Waals surface area contributed by atoms with Gasteiger partial charge in [-0.25, -0.2) is 8.42 Å². The Morgan fingerprint density at radius 3 is 2.00 bits per heavy atom. The highest BCUT2D eigenvalue weighted by Gasteiger charge is 2.29. The molecule has 0 saturated carbocycles. The highest BCUT2D eigenvalue weighted by Crippen LogP contribution is 2.19. The van der Waals surface area contributed by atoms with Crippen LogP contribution in [-0.2, 0) is 20.6 Å². The molecule has 0 N–H and O–H groups in total. The summed E-state index contributed by atoms with van der Waals surface area (Å²) in [6.07, 6.45) is 0. The highest BCUT2D eigenvalue weighted by molar-refractivity contribution is 7.99. The third kappa shape index (κ3) is 5.16. The van der Waals surface area contributed by atoms with Crippen molar-refractivity contribution in [2.24, 2.45) is 0 Å². The molecule has 150 valence electrons. The first-order valence-electron chi connectivity index (χ1n) is 9.34. The molecule has 0 aliphatic carbocycles. The van der Waals surface area contributed by atoms with E-state index >= 15 is 0 Å². The predicted octanol–water partition coefficient (Wildman–Crippen LogP) is 3.07. The second kappa shape index (κ2) is 9.11. The highest BCUT2D eigenvalue weighted by atomic mass is 32.2. The minimum Gasteiger partial charge on any atom is -0.339 e. The Morgan fingerprint density at radius 1 is 0.893 bits per heavy atom. The molecule has 28 heavy (non-hydrogen) atoms. The van der Waals surface area contributed by atoms with E-state index in [0.29, 0.717) is 36.8 Å². The normalized spacial score (nSPS) is 15.6. The number of carbonyl (C=O) groups excluding carboxylic acids is 1. The Morgan fingerprint density at radius 2 is 1.43 bits per heavy atom. The largest absolute Gasteiger partial charge is 0.339 e. The van der Waals surface area contributed by atoms with Gasteiger partial charge >= 0.3 is 0 Å². The lowest BCUT2D eigenvalue weighted by atomic mass is 10.2. The van der Waals surface area contributed by atoms with Crippen LogP contribution >= 0.6 is 11.8 Å². The van der Waals surface area contributed by atoms with Gasteiger partial charge in [-0.1, -0.05) is 47.5 Å². The van der Waals surface area contributed by atoms with Gasteiger partial charge in [-0.05, 0) is 31.5 Å². The van der Waals surface area contributed by atoms with Crippen LogP contribution in [-0.4, -0.2) is 55.5 Å². The smallest absolute Gasteiger partial charge is 0.243 e. The molecular formula is C21H26N2O3S2. The summed E-state index contributed by atoms with van der Waals surface area (Å²) in [4.78, 5) is 14.5. The molecule has 1 heterocycles. The molecule has 0 radical (unpaired) electrons. The van der Waals surface area contributed by atoms with Crippen LogP contribution in [0.5, 0.6) is 0 Å². The van der Waals surface area contributed by atoms with Gasteiger partial charge in [-0.2, -0.15) is 4.31 Å². The van der Waals surface area contributed by atoms with E-state index in [0.717, 1.165) is 11.3 Å². The molecule has 0 unspecified atom stereocenters. The van der Waals surface area contributed by atoms with Gasteiger partial charge < -0.3 is 4.90 Å². The Labute approximate surface area is 171 Å². The summed E-state index contributed by atoms with van der Waals surface area (Å²) in [6.45, 7) is 5.54. The van der Waals surface area contributed by atoms with Crippen LogP contribution in [0.1, 0.15) is 16.7 Å². The number of thioether (sulfide) groups is 1. The number of benzene rings is 2. The van der Waals surface area contributed by atoms with E-state index in [1.165, 1.54) is 15.4 Å². The Kier molecular flexibility index (Phi) is 6.80. The van der Waals surface area contributed by atoms with Gasteiger partial charge in [0.25, 0.3) is 0 Å². The molecule has 0 spiro atoms. The standard InChI is InChI=1S/C21H26N2O3S2/c1-17-3-7-19(8-4-17)15-27-16-21(24)22-11-13-23(14-12-22)28(25,26)20-9-5-18(2)6-10-20/h3-10H,11-16H2,1-2H3. The van der Waals surface area contributed by atoms with Crippen molar-refractivity contribution in [1.82, 2.24) is 9.21 Å². The number of sulfonamides is 1. The molecule has 1 fully saturated rings. The molecule has 1 aliphatic heterocycles. The van der Waals surface area contributed by atoms with Gasteiger partial charge in [-0.15, -0.1) is 11.8 Å². The molecule has 2 aromatic rings. The Hall–Kier alpha value is -1.83. The fourth-order valence-corrected chi connectivity index (χ4v) is 5.38. The lowest BCUT2D eigenvalue weighted by Crippen LogP contribution is -2.50. The van der Waals surface area contributed by atoms with Crippen LogP contribution in [0.25, 0.3) is 0 Å². The van der Waals surface area contributed by atoms with Crippen molar-refractivity contribution in [3.8, 4) is 0 Å². The third-order valence-corrected chi connectivity index (χ3v) is 7.77. The van der Waals surface area contributed by atoms with Crippen LogP contribution in [0.15, 0.2) is 53.4 Å². The Balaban J connectivity index is 1.48. The van der Waals surface area contributed by atoms with Crippen molar-refractivity contribution in [2.75, 3.05) is 31.9 Å². The maximum Gasteiger partial charge on any atom is 0.243 e. The summed E-state index contributed by atoms with van der Waals surface area (Å²) >= 11 is 1.60. The van der Waals surface area contributed by atoms with Gasteiger partial charge in [-0.3, -0.25) is 4.79 Å². The molecule has 2 aromatic carbocycles. The number of aryl methyl sites for hydroxylation is 2. The second-order valence-electron chi connectivity index (χ2n) is 7.08. The van der Waals surface area contributed by atoms with E-state index < -0.39 is 10.0 Å². The zero-order valence-corrected chi connectivity index (χ0v) is 17.9. The summed E-state index contributed by atoms with van der Waals surface area (Å²) in [5.41, 5.74) is 3.46. The summed E-state index contributed by atoms with van der Waals surface area (Å²) in [6, 6.07) is 15.2. The number of piperazine rings is 1. The van der Waals surface area contributed by atoms with E-state index in [1.54, 1.807) is 40.9 Å². The van der Waals surface area contributed by atoms with E-state index in [-0.39, 0.29) is 5.91 Å². The zero-order valence-electron chi connectivity index (χ0n) is 16.3. The molecule has 0 atom stereocenters. The molecule has 7 heteroatoms. The van der Waals surface area contributed by atoms with Crippen LogP contribution < -0.4 is 0 Å². The minimum absolute atomic E-state index is 0.0736. The number of hydrogen-bond donors (Lipinski definition) is 0. The molecule has 1 amide bonds. The first kappa shape index (κ1) is 20.9. The predicted molar refractivity (Wildman–Crippen MR) is 114 cm³/mol. The fraction of sp³-hybridized carbons (Fsp3) is 0.381. The topological polar surface area (TPSA) is 57.7 Å². The number of rotatable bonds is 6. The minimum atomic E-state index is -3.49. The quantitative estimate of drug-likeness (QED) is 0.723. The van der Waals surface area contributed by atoms with Crippen molar-refractivity contribution in [1.29, 1.82) is 0 Å². The number of hydrogen-bond acceptors (Lipinski definition) is 4. The number of nitrogens with zero attached hydrogens (tertiary/aromatic N) is 2. The summed E-state index contributed by atoms with van der Waals surface area (Å²) in [5, 5.41) is 0. The molecule has 5 nitrogen and oxygen atoms in total. The van der Waals surface area contributed by atoms with Gasteiger partial charge in [0.1, 0.15) is 0 Å². The first-order chi connectivity index (χ1) is 13.4.